The Morgan fingerprint density at radius 2 is 1.76 bits per heavy atom. The van der Waals surface area contributed by atoms with Crippen LogP contribution in [0.15, 0.2) is 70.5 Å². The fraction of sp³-hybridized carbons (Fsp3) is 0.0556. The predicted octanol–water partition coefficient (Wildman–Crippen LogP) is 2.85. The average molecular weight is 353 g/mol. The van der Waals surface area contributed by atoms with Crippen molar-refractivity contribution in [1.82, 2.24) is 9.97 Å². The van der Waals surface area contributed by atoms with Crippen molar-refractivity contribution in [3.63, 3.8) is 0 Å². The molecule has 4 aromatic rings. The number of anilines is 1. The van der Waals surface area contributed by atoms with Gasteiger partial charge in [-0.05, 0) is 36.4 Å². The van der Waals surface area contributed by atoms with Gasteiger partial charge in [-0.3, -0.25) is 4.79 Å². The molecule has 0 fully saturated rings. The summed E-state index contributed by atoms with van der Waals surface area (Å²) in [4.78, 5) is 18.0. The van der Waals surface area contributed by atoms with Crippen molar-refractivity contribution < 1.29 is 8.42 Å². The lowest BCUT2D eigenvalue weighted by Gasteiger charge is -2.09. The Morgan fingerprint density at radius 3 is 2.56 bits per heavy atom. The second-order valence-corrected chi connectivity index (χ2v) is 7.72. The summed E-state index contributed by atoms with van der Waals surface area (Å²) in [5, 5.41) is 4.60. The van der Waals surface area contributed by atoms with Crippen molar-refractivity contribution in [2.75, 3.05) is 11.2 Å². The molecule has 0 saturated carbocycles. The van der Waals surface area contributed by atoms with Crippen LogP contribution in [-0.4, -0.2) is 24.3 Å². The zero-order chi connectivity index (χ0) is 17.4. The maximum absolute atomic E-state index is 12.4. The second-order valence-electron chi connectivity index (χ2n) is 5.73. The number of fused-ring (bicyclic) bond motifs is 3. The van der Waals surface area contributed by atoms with E-state index in [4.69, 9.17) is 0 Å². The maximum atomic E-state index is 12.4. The minimum Gasteiger partial charge on any atom is -0.371 e. The lowest BCUT2D eigenvalue weighted by atomic mass is 10.1. The minimum atomic E-state index is -3.43. The molecule has 3 N–H and O–H groups in total. The van der Waals surface area contributed by atoms with Crippen LogP contribution in [0.5, 0.6) is 0 Å². The van der Waals surface area contributed by atoms with Crippen molar-refractivity contribution in [2.45, 2.75) is 4.90 Å². The SMILES string of the molecule is O=c1[nH]c2ccc(NCS(=O)(=O)c3ccccc3)cc2c2cc[nH]c12. The number of sulfone groups is 1. The van der Waals surface area contributed by atoms with E-state index >= 15 is 0 Å². The van der Waals surface area contributed by atoms with E-state index in [1.165, 1.54) is 0 Å². The van der Waals surface area contributed by atoms with Gasteiger partial charge in [0.25, 0.3) is 5.56 Å². The summed E-state index contributed by atoms with van der Waals surface area (Å²) in [7, 11) is -3.43. The number of benzene rings is 2. The van der Waals surface area contributed by atoms with Gasteiger partial charge >= 0.3 is 0 Å². The van der Waals surface area contributed by atoms with Crippen LogP contribution in [0.2, 0.25) is 0 Å². The molecule has 0 spiro atoms. The highest BCUT2D eigenvalue weighted by atomic mass is 32.2. The van der Waals surface area contributed by atoms with Gasteiger partial charge < -0.3 is 15.3 Å². The summed E-state index contributed by atoms with van der Waals surface area (Å²) in [5.41, 5.74) is 1.69. The highest BCUT2D eigenvalue weighted by Gasteiger charge is 2.14. The van der Waals surface area contributed by atoms with E-state index in [0.717, 1.165) is 10.8 Å². The molecule has 0 amide bonds. The Morgan fingerprint density at radius 1 is 0.960 bits per heavy atom. The number of rotatable bonds is 4. The minimum absolute atomic E-state index is 0.181. The standard InChI is InChI=1S/C18H15N3O3S/c22-18-17-14(8-9-19-17)15-10-12(6-7-16(15)21-18)20-11-25(23,24)13-4-2-1-3-5-13/h1-10,19-20H,11H2,(H,21,22). The molecule has 2 aromatic carbocycles. The molecule has 2 heterocycles. The van der Waals surface area contributed by atoms with Crippen molar-refractivity contribution in [1.29, 1.82) is 0 Å². The van der Waals surface area contributed by atoms with Crippen molar-refractivity contribution >= 4 is 37.3 Å². The Kier molecular flexibility index (Phi) is 3.58. The molecular formula is C18H15N3O3S. The van der Waals surface area contributed by atoms with Crippen LogP contribution in [0.25, 0.3) is 21.8 Å². The molecule has 7 heteroatoms. The number of nitrogens with one attached hydrogen (secondary N) is 3. The Hall–Kier alpha value is -3.06. The zero-order valence-corrected chi connectivity index (χ0v) is 13.9. The quantitative estimate of drug-likeness (QED) is 0.526. The molecular weight excluding hydrogens is 338 g/mol. The number of H-pyrrole nitrogens is 2. The third-order valence-corrected chi connectivity index (χ3v) is 5.62. The normalized spacial score (nSPS) is 11.8. The third kappa shape index (κ3) is 2.78. The number of hydrogen-bond acceptors (Lipinski definition) is 4. The number of aromatic nitrogens is 2. The molecule has 4 rings (SSSR count). The molecule has 0 aliphatic carbocycles. The van der Waals surface area contributed by atoms with Crippen LogP contribution in [0.1, 0.15) is 0 Å². The van der Waals surface area contributed by atoms with Crippen LogP contribution in [0.4, 0.5) is 5.69 Å². The first-order valence-corrected chi connectivity index (χ1v) is 9.35. The fourth-order valence-corrected chi connectivity index (χ4v) is 3.94. The summed E-state index contributed by atoms with van der Waals surface area (Å²) >= 11 is 0. The van der Waals surface area contributed by atoms with Crippen LogP contribution >= 0.6 is 0 Å². The number of pyridine rings is 1. The third-order valence-electron chi connectivity index (χ3n) is 4.10. The lowest BCUT2D eigenvalue weighted by Crippen LogP contribution is -2.14. The molecule has 0 aliphatic heterocycles. The highest BCUT2D eigenvalue weighted by Crippen LogP contribution is 2.24. The van der Waals surface area contributed by atoms with E-state index in [-0.39, 0.29) is 16.3 Å². The van der Waals surface area contributed by atoms with E-state index in [2.05, 4.69) is 15.3 Å². The van der Waals surface area contributed by atoms with Crippen molar-refractivity contribution in [2.24, 2.45) is 0 Å². The second kappa shape index (κ2) is 5.78. The molecule has 0 radical (unpaired) electrons. The summed E-state index contributed by atoms with van der Waals surface area (Å²) in [6.45, 7) is 0. The van der Waals surface area contributed by atoms with Gasteiger partial charge in [0.15, 0.2) is 9.84 Å². The summed E-state index contributed by atoms with van der Waals surface area (Å²) in [6, 6.07) is 15.5. The number of hydrogen-bond donors (Lipinski definition) is 3. The van der Waals surface area contributed by atoms with Crippen LogP contribution < -0.4 is 10.9 Å². The van der Waals surface area contributed by atoms with E-state index in [1.807, 2.05) is 12.1 Å². The van der Waals surface area contributed by atoms with Crippen LogP contribution in [0.3, 0.4) is 0 Å². The van der Waals surface area contributed by atoms with Gasteiger partial charge in [0.1, 0.15) is 11.4 Å². The summed E-state index contributed by atoms with van der Waals surface area (Å²) in [5.74, 6) is -0.206. The summed E-state index contributed by atoms with van der Waals surface area (Å²) < 4.78 is 24.7. The fourth-order valence-electron chi connectivity index (χ4n) is 2.84. The Balaban J connectivity index is 1.69. The molecule has 6 nitrogen and oxygen atoms in total. The lowest BCUT2D eigenvalue weighted by molar-refractivity contribution is 0.598. The first-order valence-electron chi connectivity index (χ1n) is 7.69. The van der Waals surface area contributed by atoms with Crippen LogP contribution in [-0.2, 0) is 9.84 Å². The first kappa shape index (κ1) is 15.5. The molecule has 0 aliphatic rings. The van der Waals surface area contributed by atoms with E-state index in [9.17, 15) is 13.2 Å². The zero-order valence-electron chi connectivity index (χ0n) is 13.1. The molecule has 0 saturated heterocycles. The molecule has 2 aromatic heterocycles. The van der Waals surface area contributed by atoms with E-state index in [1.54, 1.807) is 48.7 Å². The van der Waals surface area contributed by atoms with Gasteiger partial charge in [0.05, 0.1) is 4.90 Å². The van der Waals surface area contributed by atoms with Crippen molar-refractivity contribution in [3.8, 4) is 0 Å². The summed E-state index contributed by atoms with van der Waals surface area (Å²) in [6.07, 6.45) is 1.71. The maximum Gasteiger partial charge on any atom is 0.272 e. The van der Waals surface area contributed by atoms with E-state index < -0.39 is 9.84 Å². The Bertz CT molecular complexity index is 1220. The van der Waals surface area contributed by atoms with Gasteiger partial charge in [0.2, 0.25) is 0 Å². The van der Waals surface area contributed by atoms with Gasteiger partial charge in [-0.15, -0.1) is 0 Å². The topological polar surface area (TPSA) is 94.8 Å². The molecule has 0 atom stereocenters. The van der Waals surface area contributed by atoms with Gasteiger partial charge in [-0.25, -0.2) is 8.42 Å². The monoisotopic (exact) mass is 353 g/mol. The van der Waals surface area contributed by atoms with Gasteiger partial charge in [-0.2, -0.15) is 0 Å². The number of aromatic amines is 2. The van der Waals surface area contributed by atoms with Gasteiger partial charge in [-0.1, -0.05) is 18.2 Å². The largest absolute Gasteiger partial charge is 0.371 e. The van der Waals surface area contributed by atoms with Crippen molar-refractivity contribution in [3.05, 3.63) is 71.1 Å². The highest BCUT2D eigenvalue weighted by molar-refractivity contribution is 7.91. The molecule has 126 valence electrons. The van der Waals surface area contributed by atoms with Crippen LogP contribution in [0, 0.1) is 0 Å². The molecule has 0 unspecified atom stereocenters. The smallest absolute Gasteiger partial charge is 0.272 e. The van der Waals surface area contributed by atoms with Gasteiger partial charge in [0, 0.05) is 28.2 Å². The molecule has 0 bridgehead atoms. The molecule has 25 heavy (non-hydrogen) atoms. The average Bonchev–Trinajstić information content (AvgIpc) is 3.12. The first-order chi connectivity index (χ1) is 12.0. The predicted molar refractivity (Wildman–Crippen MR) is 98.5 cm³/mol. The van der Waals surface area contributed by atoms with E-state index in [0.29, 0.717) is 16.7 Å². The Labute approximate surface area is 143 Å².